The molecule has 1 aromatic carbocycles. The van der Waals surface area contributed by atoms with Crippen LogP contribution in [0.3, 0.4) is 0 Å². The molecule has 2 amide bonds. The van der Waals surface area contributed by atoms with Crippen molar-refractivity contribution in [1.82, 2.24) is 9.88 Å². The predicted octanol–water partition coefficient (Wildman–Crippen LogP) is 1.70. The average molecular weight is 395 g/mol. The van der Waals surface area contributed by atoms with Gasteiger partial charge in [-0.3, -0.25) is 24.3 Å². The summed E-state index contributed by atoms with van der Waals surface area (Å²) in [4.78, 5) is 36.3. The van der Waals surface area contributed by atoms with E-state index in [0.29, 0.717) is 24.8 Å². The van der Waals surface area contributed by atoms with Crippen LogP contribution in [-0.2, 0) is 9.47 Å². The van der Waals surface area contributed by atoms with E-state index in [1.54, 1.807) is 0 Å². The third kappa shape index (κ3) is 2.87. The van der Waals surface area contributed by atoms with Gasteiger partial charge >= 0.3 is 0 Å². The van der Waals surface area contributed by atoms with Gasteiger partial charge < -0.3 is 15.2 Å². The van der Waals surface area contributed by atoms with Crippen molar-refractivity contribution in [3.05, 3.63) is 57.4 Å². The first kappa shape index (κ1) is 18.1. The number of imide groups is 1. The summed E-state index contributed by atoms with van der Waals surface area (Å²) in [5, 5.41) is 2.17. The number of carbonyl (C=O) groups is 2. The van der Waals surface area contributed by atoms with Gasteiger partial charge in [-0.1, -0.05) is 12.1 Å². The molecule has 0 bridgehead atoms. The molecule has 29 heavy (non-hydrogen) atoms. The third-order valence-electron chi connectivity index (χ3n) is 6.14. The van der Waals surface area contributed by atoms with Gasteiger partial charge in [-0.25, -0.2) is 0 Å². The summed E-state index contributed by atoms with van der Waals surface area (Å²) >= 11 is 0. The van der Waals surface area contributed by atoms with Gasteiger partial charge in [0.25, 0.3) is 17.4 Å². The van der Waals surface area contributed by atoms with Gasteiger partial charge in [-0.05, 0) is 36.5 Å². The Hall–Kier alpha value is -2.97. The number of rotatable bonds is 2. The molecule has 150 valence electrons. The molecule has 1 saturated heterocycles. The van der Waals surface area contributed by atoms with Crippen LogP contribution in [0.4, 0.5) is 5.82 Å². The van der Waals surface area contributed by atoms with Crippen LogP contribution in [0.25, 0.3) is 5.69 Å². The van der Waals surface area contributed by atoms with E-state index < -0.39 is 17.4 Å². The van der Waals surface area contributed by atoms with E-state index in [1.165, 1.54) is 10.1 Å². The van der Waals surface area contributed by atoms with E-state index in [1.807, 2.05) is 24.3 Å². The molecule has 0 unspecified atom stereocenters. The summed E-state index contributed by atoms with van der Waals surface area (Å²) in [5.41, 5.74) is 7.45. The smallest absolute Gasteiger partial charge is 0.262 e. The van der Waals surface area contributed by atoms with E-state index >= 15 is 0 Å². The number of fused-ring (bicyclic) bond motifs is 1. The Labute approximate surface area is 166 Å². The van der Waals surface area contributed by atoms with Crippen LogP contribution in [0.2, 0.25) is 0 Å². The second-order valence-corrected chi connectivity index (χ2v) is 7.75. The van der Waals surface area contributed by atoms with Gasteiger partial charge in [0.05, 0.1) is 30.0 Å². The Bertz CT molecular complexity index is 1060. The van der Waals surface area contributed by atoms with Crippen molar-refractivity contribution in [3.63, 3.8) is 0 Å². The van der Waals surface area contributed by atoms with Gasteiger partial charge in [-0.15, -0.1) is 0 Å². The second-order valence-electron chi connectivity index (χ2n) is 7.75. The SMILES string of the molecule is Nc1c2c(cc(=O)n1-c1ccc(C3CCC4(CC3)OCCO4)cc1)C(=O)NC2=O. The fourth-order valence-electron chi connectivity index (χ4n) is 4.62. The largest absolute Gasteiger partial charge is 0.384 e. The van der Waals surface area contributed by atoms with Crippen molar-refractivity contribution in [1.29, 1.82) is 0 Å². The maximum Gasteiger partial charge on any atom is 0.262 e. The van der Waals surface area contributed by atoms with E-state index in [-0.39, 0.29) is 22.7 Å². The number of carbonyl (C=O) groups excluding carboxylic acids is 2. The highest BCUT2D eigenvalue weighted by atomic mass is 16.7. The number of aromatic nitrogens is 1. The van der Waals surface area contributed by atoms with Crippen molar-refractivity contribution < 1.29 is 19.1 Å². The number of nitrogens with zero attached hydrogens (tertiary/aromatic N) is 1. The minimum atomic E-state index is -0.596. The molecule has 8 heteroatoms. The molecule has 1 aliphatic carbocycles. The number of amides is 2. The zero-order valence-electron chi connectivity index (χ0n) is 15.8. The Morgan fingerprint density at radius 1 is 1.00 bits per heavy atom. The number of hydrogen-bond donors (Lipinski definition) is 2. The van der Waals surface area contributed by atoms with Crippen LogP contribution in [0, 0.1) is 0 Å². The van der Waals surface area contributed by atoms with Gasteiger partial charge in [0.15, 0.2) is 5.79 Å². The molecule has 1 aromatic heterocycles. The second kappa shape index (κ2) is 6.53. The minimum absolute atomic E-state index is 0.0258. The zero-order valence-corrected chi connectivity index (χ0v) is 15.8. The maximum atomic E-state index is 12.5. The average Bonchev–Trinajstić information content (AvgIpc) is 3.27. The van der Waals surface area contributed by atoms with Crippen LogP contribution >= 0.6 is 0 Å². The number of nitrogens with two attached hydrogens (primary N) is 1. The van der Waals surface area contributed by atoms with Crippen molar-refractivity contribution in [2.24, 2.45) is 0 Å². The lowest BCUT2D eigenvalue weighted by atomic mass is 9.81. The molecule has 1 spiro atoms. The Balaban J connectivity index is 1.42. The number of nitrogens with one attached hydrogen (secondary N) is 1. The molecular weight excluding hydrogens is 374 g/mol. The van der Waals surface area contributed by atoms with E-state index in [4.69, 9.17) is 15.2 Å². The molecule has 2 aromatic rings. The summed E-state index contributed by atoms with van der Waals surface area (Å²) in [6, 6.07) is 8.77. The standard InChI is InChI=1S/C21H21N3O5/c22-18-17-15(19(26)23-20(17)27)11-16(25)24(18)14-3-1-12(2-4-14)13-5-7-21(8-6-13)28-9-10-29-21/h1-4,11,13H,5-10,22H2,(H,23,26,27). The lowest BCUT2D eigenvalue weighted by molar-refractivity contribution is -0.178. The van der Waals surface area contributed by atoms with Crippen molar-refractivity contribution in [2.45, 2.75) is 37.4 Å². The topological polar surface area (TPSA) is 113 Å². The number of pyridine rings is 1. The highest BCUT2D eigenvalue weighted by molar-refractivity contribution is 6.23. The van der Waals surface area contributed by atoms with Crippen LogP contribution in [0.1, 0.15) is 57.9 Å². The summed E-state index contributed by atoms with van der Waals surface area (Å²) in [6.07, 6.45) is 3.70. The van der Waals surface area contributed by atoms with Crippen LogP contribution in [0.5, 0.6) is 0 Å². The van der Waals surface area contributed by atoms with Crippen molar-refractivity contribution in [2.75, 3.05) is 18.9 Å². The lowest BCUT2D eigenvalue weighted by Gasteiger charge is -2.35. The summed E-state index contributed by atoms with van der Waals surface area (Å²) < 4.78 is 12.8. The highest BCUT2D eigenvalue weighted by Crippen LogP contribution is 2.42. The molecular formula is C21H21N3O5. The molecule has 2 aliphatic heterocycles. The minimum Gasteiger partial charge on any atom is -0.384 e. The van der Waals surface area contributed by atoms with Crippen LogP contribution in [0.15, 0.2) is 35.1 Å². The molecule has 3 aliphatic rings. The highest BCUT2D eigenvalue weighted by Gasteiger charge is 2.40. The monoisotopic (exact) mass is 395 g/mol. The molecule has 1 saturated carbocycles. The maximum absolute atomic E-state index is 12.5. The first-order valence-corrected chi connectivity index (χ1v) is 9.77. The number of ether oxygens (including phenoxy) is 2. The summed E-state index contributed by atoms with van der Waals surface area (Å²) in [5.74, 6) is -1.19. The zero-order chi connectivity index (χ0) is 20.2. The quantitative estimate of drug-likeness (QED) is 0.749. The lowest BCUT2D eigenvalue weighted by Crippen LogP contribution is -2.34. The van der Waals surface area contributed by atoms with Crippen LogP contribution < -0.4 is 16.6 Å². The van der Waals surface area contributed by atoms with Gasteiger partial charge in [0.1, 0.15) is 5.82 Å². The van der Waals surface area contributed by atoms with E-state index in [0.717, 1.165) is 31.7 Å². The Morgan fingerprint density at radius 3 is 2.31 bits per heavy atom. The molecule has 8 nitrogen and oxygen atoms in total. The van der Waals surface area contributed by atoms with Crippen molar-refractivity contribution >= 4 is 17.6 Å². The first-order valence-electron chi connectivity index (χ1n) is 9.77. The summed E-state index contributed by atoms with van der Waals surface area (Å²) in [7, 11) is 0. The number of hydrogen-bond acceptors (Lipinski definition) is 6. The van der Waals surface area contributed by atoms with Crippen LogP contribution in [-0.4, -0.2) is 35.4 Å². The predicted molar refractivity (Wildman–Crippen MR) is 104 cm³/mol. The van der Waals surface area contributed by atoms with E-state index in [9.17, 15) is 14.4 Å². The fraction of sp³-hybridized carbons (Fsp3) is 0.381. The van der Waals surface area contributed by atoms with E-state index in [2.05, 4.69) is 5.32 Å². The molecule has 3 N–H and O–H groups in total. The molecule has 2 fully saturated rings. The van der Waals surface area contributed by atoms with Gasteiger partial charge in [0.2, 0.25) is 0 Å². The normalized spacial score (nSPS) is 20.8. The molecule has 5 rings (SSSR count). The fourth-order valence-corrected chi connectivity index (χ4v) is 4.62. The van der Waals surface area contributed by atoms with Crippen molar-refractivity contribution in [3.8, 4) is 5.69 Å². The molecule has 0 atom stereocenters. The first-order chi connectivity index (χ1) is 14.0. The third-order valence-corrected chi connectivity index (χ3v) is 6.14. The number of benzene rings is 1. The Kier molecular flexibility index (Phi) is 4.07. The summed E-state index contributed by atoms with van der Waals surface area (Å²) in [6.45, 7) is 1.33. The molecule has 0 radical (unpaired) electrons. The Morgan fingerprint density at radius 2 is 1.66 bits per heavy atom. The van der Waals surface area contributed by atoms with Gasteiger partial charge in [0, 0.05) is 18.9 Å². The number of nitrogen functional groups attached to an aromatic ring is 1. The molecule has 3 heterocycles. The number of anilines is 1. The van der Waals surface area contributed by atoms with Gasteiger partial charge in [-0.2, -0.15) is 0 Å².